The first-order valence-corrected chi connectivity index (χ1v) is 14.8. The van der Waals surface area contributed by atoms with Crippen molar-refractivity contribution >= 4 is 0 Å². The molecule has 0 spiro atoms. The first-order valence-electron chi connectivity index (χ1n) is 14.8. The van der Waals surface area contributed by atoms with Gasteiger partial charge in [0.15, 0.2) is 0 Å². The zero-order chi connectivity index (χ0) is 27.0. The van der Waals surface area contributed by atoms with E-state index in [9.17, 15) is 5.11 Å². The minimum atomic E-state index is -0.954. The van der Waals surface area contributed by atoms with E-state index < -0.39 is 6.10 Å². The molecule has 0 aliphatic carbocycles. The minimum Gasteiger partial charge on any atom is -0.394 e. The second kappa shape index (κ2) is 34.0. The predicted octanol–water partition coefficient (Wildman–Crippen LogP) is 7.62. The van der Waals surface area contributed by atoms with Gasteiger partial charge < -0.3 is 20.1 Å². The van der Waals surface area contributed by atoms with Crippen molar-refractivity contribution in [2.45, 2.75) is 136 Å². The van der Waals surface area contributed by atoms with Crippen molar-refractivity contribution in [3.63, 3.8) is 0 Å². The Labute approximate surface area is 223 Å². The number of unbranched alkanes of at least 4 members (excludes halogenated alkanes) is 16. The Morgan fingerprint density at radius 3 is 1.33 bits per heavy atom. The van der Waals surface area contributed by atoms with Crippen molar-refractivity contribution in [2.24, 2.45) is 0 Å². The first-order chi connectivity index (χ1) is 17.7. The van der Waals surface area contributed by atoms with Gasteiger partial charge in [-0.15, -0.1) is 0 Å². The Balaban J connectivity index is 0. The largest absolute Gasteiger partial charge is 0.394 e. The van der Waals surface area contributed by atoms with Gasteiger partial charge in [-0.25, -0.2) is 5.11 Å². The van der Waals surface area contributed by atoms with Crippen LogP contribution in [0.5, 0.6) is 0 Å². The van der Waals surface area contributed by atoms with Gasteiger partial charge >= 0.3 is 0 Å². The average molecular weight is 512 g/mol. The van der Waals surface area contributed by atoms with Crippen molar-refractivity contribution in [3.8, 4) is 0 Å². The van der Waals surface area contributed by atoms with Crippen LogP contribution in [0.25, 0.3) is 0 Å². The standard InChI is InChI=1S/C19H39O.C9H12O.C3H8O3/c1-2-3-4-5-6-7-8-9-10-11-12-13-14-15-16-17-18-19-20;1-2-10-8-9-6-4-3-5-7-9;4-1-3(6)2-5/h2-19H2,1H3;3-7H,2,8H2,1H3;3-6H,1-2H2. The molecule has 0 aromatic heterocycles. The molecule has 0 aliphatic rings. The van der Waals surface area contributed by atoms with Crippen molar-refractivity contribution < 1.29 is 25.2 Å². The van der Waals surface area contributed by atoms with E-state index in [1.165, 1.54) is 102 Å². The van der Waals surface area contributed by atoms with E-state index in [0.717, 1.165) is 26.1 Å². The molecule has 0 saturated carbocycles. The molecule has 0 atom stereocenters. The molecule has 0 bridgehead atoms. The van der Waals surface area contributed by atoms with Crippen LogP contribution in [0.1, 0.15) is 129 Å². The summed E-state index contributed by atoms with van der Waals surface area (Å²) in [5, 5.41) is 34.3. The van der Waals surface area contributed by atoms with Gasteiger partial charge in [0.25, 0.3) is 0 Å². The van der Waals surface area contributed by atoms with E-state index in [0.29, 0.717) is 0 Å². The third-order valence-electron chi connectivity index (χ3n) is 5.99. The van der Waals surface area contributed by atoms with Gasteiger partial charge in [0.05, 0.1) is 26.4 Å². The maximum atomic E-state index is 10.3. The molecule has 1 rings (SSSR count). The van der Waals surface area contributed by atoms with Gasteiger partial charge in [0, 0.05) is 6.61 Å². The van der Waals surface area contributed by atoms with Crippen LogP contribution in [-0.2, 0) is 16.5 Å². The smallest absolute Gasteiger partial charge is 0.100 e. The quantitative estimate of drug-likeness (QED) is 0.140. The molecule has 1 aromatic rings. The van der Waals surface area contributed by atoms with E-state index in [1.807, 2.05) is 25.1 Å². The first kappa shape index (κ1) is 37.2. The van der Waals surface area contributed by atoms with Crippen LogP contribution >= 0.6 is 0 Å². The highest BCUT2D eigenvalue weighted by Crippen LogP contribution is 2.13. The summed E-state index contributed by atoms with van der Waals surface area (Å²) in [7, 11) is 0. The summed E-state index contributed by atoms with van der Waals surface area (Å²) in [5.41, 5.74) is 1.24. The Bertz CT molecular complexity index is 461. The van der Waals surface area contributed by atoms with Crippen molar-refractivity contribution in [1.29, 1.82) is 0 Å². The predicted molar refractivity (Wildman–Crippen MR) is 152 cm³/mol. The number of aliphatic hydroxyl groups excluding tert-OH is 3. The monoisotopic (exact) mass is 511 g/mol. The number of ether oxygens (including phenoxy) is 1. The molecule has 1 aromatic carbocycles. The Hall–Kier alpha value is -0.980. The van der Waals surface area contributed by atoms with Crippen LogP contribution in [0.3, 0.4) is 0 Å². The fourth-order valence-corrected chi connectivity index (χ4v) is 3.68. The molecule has 1 radical (unpaired) electrons. The zero-order valence-corrected chi connectivity index (χ0v) is 23.7. The lowest BCUT2D eigenvalue weighted by Gasteiger charge is -2.03. The van der Waals surface area contributed by atoms with E-state index in [1.54, 1.807) is 0 Å². The molecular weight excluding hydrogens is 452 g/mol. The summed E-state index contributed by atoms with van der Waals surface area (Å²) < 4.78 is 5.22. The second-order valence-electron chi connectivity index (χ2n) is 9.50. The topological polar surface area (TPSA) is 89.8 Å². The summed E-state index contributed by atoms with van der Waals surface area (Å²) in [5.74, 6) is 0. The number of hydrogen-bond acceptors (Lipinski definition) is 4. The second-order valence-corrected chi connectivity index (χ2v) is 9.50. The molecule has 5 heteroatoms. The fourth-order valence-electron chi connectivity index (χ4n) is 3.68. The summed E-state index contributed by atoms with van der Waals surface area (Å²) in [4.78, 5) is 0. The lowest BCUT2D eigenvalue weighted by molar-refractivity contribution is 0.0450. The summed E-state index contributed by atoms with van der Waals surface area (Å²) in [6.07, 6.45) is 22.4. The van der Waals surface area contributed by atoms with Crippen molar-refractivity contribution in [2.75, 3.05) is 26.4 Å². The molecule has 0 saturated heterocycles. The van der Waals surface area contributed by atoms with Crippen LogP contribution in [0.15, 0.2) is 30.3 Å². The summed E-state index contributed by atoms with van der Waals surface area (Å²) in [6, 6.07) is 10.2. The van der Waals surface area contributed by atoms with E-state index in [4.69, 9.17) is 20.1 Å². The molecule has 0 heterocycles. The molecule has 3 N–H and O–H groups in total. The SMILES string of the molecule is CCCCCCCCCCCCCCCCCCC[O].CCOCc1ccccc1.OCC(O)CO. The lowest BCUT2D eigenvalue weighted by atomic mass is 10.0. The van der Waals surface area contributed by atoms with Crippen LogP contribution in [0.4, 0.5) is 0 Å². The normalized spacial score (nSPS) is 10.5. The van der Waals surface area contributed by atoms with Gasteiger partial charge in [-0.05, 0) is 18.9 Å². The van der Waals surface area contributed by atoms with Crippen LogP contribution in [-0.4, -0.2) is 47.9 Å². The molecule has 5 nitrogen and oxygen atoms in total. The number of aliphatic hydroxyl groups is 3. The Kier molecular flexibility index (Phi) is 35.1. The van der Waals surface area contributed by atoms with Gasteiger partial charge in [0.1, 0.15) is 6.10 Å². The molecular formula is C31H59O5. The third-order valence-corrected chi connectivity index (χ3v) is 5.99. The molecule has 0 aliphatic heterocycles. The highest BCUT2D eigenvalue weighted by Gasteiger charge is 1.95. The highest BCUT2D eigenvalue weighted by atomic mass is 16.5. The number of benzene rings is 1. The third kappa shape index (κ3) is 33.0. The van der Waals surface area contributed by atoms with Gasteiger partial charge in [-0.2, -0.15) is 0 Å². The maximum Gasteiger partial charge on any atom is 0.100 e. The van der Waals surface area contributed by atoms with E-state index >= 15 is 0 Å². The molecule has 36 heavy (non-hydrogen) atoms. The summed E-state index contributed by atoms with van der Waals surface area (Å²) in [6.45, 7) is 5.20. The van der Waals surface area contributed by atoms with Crippen LogP contribution < -0.4 is 0 Å². The highest BCUT2D eigenvalue weighted by molar-refractivity contribution is 5.13. The minimum absolute atomic E-state index is 0.124. The van der Waals surface area contributed by atoms with Gasteiger partial charge in [-0.1, -0.05) is 140 Å². The van der Waals surface area contributed by atoms with Crippen molar-refractivity contribution in [3.05, 3.63) is 35.9 Å². The van der Waals surface area contributed by atoms with E-state index in [-0.39, 0.29) is 19.8 Å². The van der Waals surface area contributed by atoms with Gasteiger partial charge in [-0.3, -0.25) is 0 Å². The maximum absolute atomic E-state index is 10.3. The van der Waals surface area contributed by atoms with Crippen LogP contribution in [0, 0.1) is 0 Å². The fraction of sp³-hybridized carbons (Fsp3) is 0.806. The molecule has 0 fully saturated rings. The van der Waals surface area contributed by atoms with E-state index in [2.05, 4.69) is 19.1 Å². The van der Waals surface area contributed by atoms with Gasteiger partial charge in [0.2, 0.25) is 0 Å². The summed E-state index contributed by atoms with van der Waals surface area (Å²) >= 11 is 0. The Morgan fingerprint density at radius 1 is 0.639 bits per heavy atom. The lowest BCUT2D eigenvalue weighted by Crippen LogP contribution is -2.15. The average Bonchev–Trinajstić information content (AvgIpc) is 2.92. The number of rotatable bonds is 22. The van der Waals surface area contributed by atoms with Crippen LogP contribution in [0.2, 0.25) is 0 Å². The van der Waals surface area contributed by atoms with Crippen molar-refractivity contribution in [1.82, 2.24) is 0 Å². The molecule has 0 amide bonds. The Morgan fingerprint density at radius 2 is 1.03 bits per heavy atom. The molecule has 0 unspecified atom stereocenters. The number of hydrogen-bond donors (Lipinski definition) is 3. The molecule has 213 valence electrons. The zero-order valence-electron chi connectivity index (χ0n) is 23.7.